The number of oxime groups is 1. The van der Waals surface area contributed by atoms with Gasteiger partial charge in [-0.25, -0.2) is 8.78 Å². The number of carbonyl (C=O) groups excluding carboxylic acids is 1. The smallest absolute Gasteiger partial charge is 0.290 e. The average molecular weight is 572 g/mol. The molecule has 0 aliphatic rings. The second-order valence-corrected chi connectivity index (χ2v) is 7.87. The number of benzene rings is 3. The molecule has 1 amide bonds. The van der Waals surface area contributed by atoms with Crippen molar-refractivity contribution in [3.63, 3.8) is 0 Å². The van der Waals surface area contributed by atoms with E-state index < -0.39 is 42.0 Å². The van der Waals surface area contributed by atoms with Crippen LogP contribution in [0.1, 0.15) is 30.3 Å². The zero-order valence-electron chi connectivity index (χ0n) is 19.6. The van der Waals surface area contributed by atoms with Crippen molar-refractivity contribution in [3.8, 4) is 0 Å². The van der Waals surface area contributed by atoms with Gasteiger partial charge in [-0.05, 0) is 34.8 Å². The molecule has 3 aromatic carbocycles. The second-order valence-electron chi connectivity index (χ2n) is 7.46. The summed E-state index contributed by atoms with van der Waals surface area (Å²) >= 11 is 6.03. The highest BCUT2D eigenvalue weighted by Gasteiger charge is 2.34. The standard InChI is InChI=1S/C23H22ClF4N5O2.2CH4.FH.3H2/c24-17-6-8-19(21(26)15(17)11-20(34)31-9-10-35-33-22(29)30)32-12-23(27,28)16-5-7-18(25)14-4-2-1-3-13(14)16;;;;;;/h1-8,32H,9-12H2,(H,31,34)(H4,29,30,33);2*1H4;4*1H/i/hT. The van der Waals surface area contributed by atoms with Crippen molar-refractivity contribution in [2.24, 2.45) is 16.6 Å². The lowest BCUT2D eigenvalue weighted by atomic mass is 9.99. The van der Waals surface area contributed by atoms with Crippen molar-refractivity contribution in [1.29, 1.82) is 1.45 Å². The summed E-state index contributed by atoms with van der Waals surface area (Å²) in [5.41, 5.74) is 9.34. The first-order chi connectivity index (χ1) is 17.6. The van der Waals surface area contributed by atoms with Crippen LogP contribution in [0.5, 0.6) is 0 Å². The molecule has 0 saturated carbocycles. The first-order valence-electron chi connectivity index (χ1n) is 10.7. The van der Waals surface area contributed by atoms with Crippen LogP contribution >= 0.6 is 11.6 Å². The number of guanidine groups is 1. The van der Waals surface area contributed by atoms with E-state index in [1.807, 2.05) is 0 Å². The highest BCUT2D eigenvalue weighted by Crippen LogP contribution is 2.35. The molecule has 0 unspecified atom stereocenters. The molecule has 7 nitrogen and oxygen atoms in total. The zero-order chi connectivity index (χ0) is 27.6. The molecule has 0 aliphatic heterocycles. The molecule has 0 aromatic heterocycles. The minimum Gasteiger partial charge on any atom is -0.391 e. The van der Waals surface area contributed by atoms with Gasteiger partial charge in [-0.1, -0.05) is 50.7 Å². The second kappa shape index (κ2) is 14.8. The summed E-state index contributed by atoms with van der Waals surface area (Å²) in [6.07, 6.45) is -0.443. The summed E-state index contributed by atoms with van der Waals surface area (Å²) in [6, 6.07) is 10.3. The largest absolute Gasteiger partial charge is 0.391 e. The zero-order valence-corrected chi connectivity index (χ0v) is 19.4. The molecule has 0 atom stereocenters. The van der Waals surface area contributed by atoms with Crippen molar-refractivity contribution in [3.05, 3.63) is 76.3 Å². The van der Waals surface area contributed by atoms with E-state index in [4.69, 9.17) is 32.6 Å². The SMILES string of the molecule is C.C.NC(N)=NOCCNC(=O)Cc1c(Cl)ccc(NCC(F)(F)c2ccc(F)c3ccccc23)c1F.[3H]F.[HH].[HH].[HH]. The Hall–Kier alpha value is -3.80. The molecule has 0 bridgehead atoms. The maximum Gasteiger partial charge on any atom is 0.290 e. The predicted molar refractivity (Wildman–Crippen MR) is 148 cm³/mol. The number of halogens is 6. The Labute approximate surface area is 228 Å². The fraction of sp³-hybridized carbons (Fsp3) is 0.280. The molecular weight excluding hydrogens is 533 g/mol. The Balaban J connectivity index is -0.00000101. The molecule has 13 heteroatoms. The summed E-state index contributed by atoms with van der Waals surface area (Å²) < 4.78 is 72.1. The fourth-order valence-corrected chi connectivity index (χ4v) is 3.57. The van der Waals surface area contributed by atoms with Crippen LogP contribution in [-0.4, -0.2) is 33.0 Å². The van der Waals surface area contributed by atoms with Gasteiger partial charge in [0, 0.05) is 25.8 Å². The maximum absolute atomic E-state index is 15.0. The Bertz CT molecular complexity index is 1280. The average Bonchev–Trinajstić information content (AvgIpc) is 2.87. The summed E-state index contributed by atoms with van der Waals surface area (Å²) in [7, 11) is 0. The predicted octanol–water partition coefficient (Wildman–Crippen LogP) is 6.00. The maximum atomic E-state index is 15.0. The van der Waals surface area contributed by atoms with Crippen molar-refractivity contribution in [2.45, 2.75) is 27.2 Å². The number of rotatable bonds is 10. The monoisotopic (exact) mass is 571 g/mol. The number of alkyl halides is 2. The van der Waals surface area contributed by atoms with Crippen molar-refractivity contribution in [1.82, 2.24) is 5.32 Å². The number of nitrogens with zero attached hydrogens (tertiary/aromatic N) is 1. The number of nitrogens with two attached hydrogens (primary N) is 2. The van der Waals surface area contributed by atoms with Crippen LogP contribution in [0, 0.1) is 11.6 Å². The van der Waals surface area contributed by atoms with E-state index in [1.165, 1.54) is 30.3 Å². The number of amides is 1. The molecule has 3 aromatic rings. The van der Waals surface area contributed by atoms with Crippen LogP contribution in [0.15, 0.2) is 53.7 Å². The lowest BCUT2D eigenvalue weighted by molar-refractivity contribution is -0.120. The normalized spacial score (nSPS) is 10.5. The van der Waals surface area contributed by atoms with Gasteiger partial charge in [0.15, 0.2) is 5.82 Å². The number of anilines is 1. The Morgan fingerprint density at radius 2 is 1.76 bits per heavy atom. The first kappa shape index (κ1) is 32.2. The fourth-order valence-electron chi connectivity index (χ4n) is 3.36. The van der Waals surface area contributed by atoms with E-state index in [9.17, 15) is 9.18 Å². The van der Waals surface area contributed by atoms with Gasteiger partial charge in [-0.2, -0.15) is 8.78 Å². The van der Waals surface area contributed by atoms with Gasteiger partial charge >= 0.3 is 0 Å². The van der Waals surface area contributed by atoms with Gasteiger partial charge in [-0.3, -0.25) is 9.51 Å². The Kier molecular flexibility index (Phi) is 12.6. The number of hydrogen-bond donors (Lipinski definition) is 4. The molecule has 216 valence electrons. The number of hydrogen-bond acceptors (Lipinski definition) is 4. The van der Waals surface area contributed by atoms with Crippen LogP contribution < -0.4 is 22.1 Å². The molecule has 6 N–H and O–H groups in total. The summed E-state index contributed by atoms with van der Waals surface area (Å²) in [4.78, 5) is 16.8. The number of nitrogens with one attached hydrogen (secondary N) is 2. The molecule has 0 heterocycles. The highest BCUT2D eigenvalue weighted by atomic mass is 35.5. The van der Waals surface area contributed by atoms with Crippen LogP contribution in [0.25, 0.3) is 10.8 Å². The molecule has 3 rings (SSSR count). The van der Waals surface area contributed by atoms with E-state index in [-0.39, 0.29) is 65.3 Å². The van der Waals surface area contributed by atoms with Gasteiger partial charge in [-0.15, -0.1) is 0 Å². The Morgan fingerprint density at radius 3 is 2.42 bits per heavy atom. The van der Waals surface area contributed by atoms with Gasteiger partial charge in [0.2, 0.25) is 11.9 Å². The minimum atomic E-state index is -3.47. The molecule has 0 fully saturated rings. The summed E-state index contributed by atoms with van der Waals surface area (Å²) in [6.45, 7) is -0.978. The van der Waals surface area contributed by atoms with Gasteiger partial charge in [0.25, 0.3) is 7.37 Å². The summed E-state index contributed by atoms with van der Waals surface area (Å²) in [5, 5.41) is 8.18. The van der Waals surface area contributed by atoms with Gasteiger partial charge in [0.05, 0.1) is 25.2 Å². The minimum absolute atomic E-state index is 0. The third-order valence-electron chi connectivity index (χ3n) is 4.97. The quantitative estimate of drug-likeness (QED) is 0.0783. The van der Waals surface area contributed by atoms with E-state index in [1.54, 1.807) is 6.07 Å². The van der Waals surface area contributed by atoms with E-state index >= 15 is 13.2 Å². The van der Waals surface area contributed by atoms with Crippen LogP contribution in [-0.2, 0) is 22.0 Å². The van der Waals surface area contributed by atoms with Gasteiger partial charge < -0.3 is 26.9 Å². The summed E-state index contributed by atoms with van der Waals surface area (Å²) in [5.74, 6) is -5.90. The number of fused-ring (bicyclic) bond motifs is 1. The number of carbonyl (C=O) groups is 1. The molecule has 38 heavy (non-hydrogen) atoms. The van der Waals surface area contributed by atoms with Gasteiger partial charge in [0.1, 0.15) is 12.4 Å². The van der Waals surface area contributed by atoms with E-state index in [0.717, 1.165) is 12.1 Å². The molecule has 0 saturated heterocycles. The molecule has 0 radical (unpaired) electrons. The lowest BCUT2D eigenvalue weighted by Crippen LogP contribution is -2.29. The molecule has 0 spiro atoms. The first-order valence-corrected chi connectivity index (χ1v) is 10.7. The topological polar surface area (TPSA) is 115 Å². The van der Waals surface area contributed by atoms with Crippen LogP contribution in [0.4, 0.5) is 28.0 Å². The molecule has 0 aliphatic carbocycles. The Morgan fingerprint density at radius 1 is 1.11 bits per heavy atom. The van der Waals surface area contributed by atoms with E-state index in [0.29, 0.717) is 0 Å². The lowest BCUT2D eigenvalue weighted by Gasteiger charge is -2.21. The molecular formula is C25H37ClF5N5O2. The van der Waals surface area contributed by atoms with Crippen LogP contribution in [0.3, 0.4) is 0 Å². The third-order valence-corrected chi connectivity index (χ3v) is 5.33. The van der Waals surface area contributed by atoms with E-state index in [2.05, 4.69) is 17.2 Å². The van der Waals surface area contributed by atoms with Crippen LogP contribution in [0.2, 0.25) is 5.02 Å². The highest BCUT2D eigenvalue weighted by molar-refractivity contribution is 6.31. The van der Waals surface area contributed by atoms with Crippen molar-refractivity contribution in [2.75, 3.05) is 25.0 Å². The third kappa shape index (κ3) is 8.37. The van der Waals surface area contributed by atoms with Crippen molar-refractivity contribution >= 4 is 39.9 Å². The van der Waals surface area contributed by atoms with Crippen molar-refractivity contribution < 1.29 is 36.2 Å².